The van der Waals surface area contributed by atoms with Crippen molar-refractivity contribution in [1.82, 2.24) is 0 Å². The Morgan fingerprint density at radius 2 is 1.00 bits per heavy atom. The fourth-order valence-corrected chi connectivity index (χ4v) is 2.81. The molecule has 0 spiro atoms. The van der Waals surface area contributed by atoms with Crippen LogP contribution in [-0.4, -0.2) is 0 Å². The Bertz CT molecular complexity index is 1030. The largest absolute Gasteiger partial charge is 0.0617 e. The normalized spacial score (nSPS) is 9.74. The number of hydrogen-bond acceptors (Lipinski definition) is 0. The summed E-state index contributed by atoms with van der Waals surface area (Å²) in [5, 5.41) is 0. The van der Waals surface area contributed by atoms with Gasteiger partial charge in [-0.15, -0.1) is 0 Å². The number of benzene rings is 3. The smallest absolute Gasteiger partial charge is 0.0279 e. The first-order chi connectivity index (χ1) is 13.2. The minimum absolute atomic E-state index is 1.02. The SMILES string of the molecule is CCc1ccc(C#Cc2ccc(C#Cc3ccc(CC)cc3)c(C)c2)cc1. The molecule has 0 aliphatic rings. The molecule has 0 aromatic heterocycles. The van der Waals surface area contributed by atoms with Gasteiger partial charge in [-0.25, -0.2) is 0 Å². The topological polar surface area (TPSA) is 0 Å². The molecule has 0 amide bonds. The number of rotatable bonds is 2. The van der Waals surface area contributed by atoms with Crippen LogP contribution in [0.25, 0.3) is 0 Å². The second-order valence-electron chi connectivity index (χ2n) is 6.63. The summed E-state index contributed by atoms with van der Waals surface area (Å²) < 4.78 is 0. The van der Waals surface area contributed by atoms with Crippen LogP contribution in [0.4, 0.5) is 0 Å². The lowest BCUT2D eigenvalue weighted by atomic mass is 10.0. The van der Waals surface area contributed by atoms with Gasteiger partial charge in [0.1, 0.15) is 0 Å². The zero-order valence-corrected chi connectivity index (χ0v) is 16.3. The highest BCUT2D eigenvalue weighted by molar-refractivity contribution is 5.51. The summed E-state index contributed by atoms with van der Waals surface area (Å²) in [6, 6.07) is 23.1. The maximum atomic E-state index is 3.28. The van der Waals surface area contributed by atoms with Crippen LogP contribution < -0.4 is 0 Å². The van der Waals surface area contributed by atoms with E-state index in [1.165, 1.54) is 11.1 Å². The van der Waals surface area contributed by atoms with Gasteiger partial charge in [0.2, 0.25) is 0 Å². The zero-order valence-electron chi connectivity index (χ0n) is 16.3. The van der Waals surface area contributed by atoms with E-state index in [1.54, 1.807) is 0 Å². The summed E-state index contributed by atoms with van der Waals surface area (Å²) in [5.74, 6) is 13.0. The quantitative estimate of drug-likeness (QED) is 0.504. The molecule has 0 fully saturated rings. The molecule has 3 aromatic carbocycles. The van der Waals surface area contributed by atoms with Crippen LogP contribution in [-0.2, 0) is 12.8 Å². The molecule has 0 heterocycles. The van der Waals surface area contributed by atoms with E-state index in [2.05, 4.69) is 105 Å². The van der Waals surface area contributed by atoms with Crippen molar-refractivity contribution in [2.45, 2.75) is 33.6 Å². The molecule has 3 rings (SSSR count). The van der Waals surface area contributed by atoms with Gasteiger partial charge in [0.05, 0.1) is 0 Å². The molecule has 0 aliphatic carbocycles. The Balaban J connectivity index is 1.76. The molecule has 0 atom stereocenters. The van der Waals surface area contributed by atoms with Gasteiger partial charge in [0.15, 0.2) is 0 Å². The van der Waals surface area contributed by atoms with Gasteiger partial charge < -0.3 is 0 Å². The first kappa shape index (κ1) is 18.6. The van der Waals surface area contributed by atoms with Crippen LogP contribution in [0.15, 0.2) is 66.7 Å². The Morgan fingerprint density at radius 3 is 1.48 bits per heavy atom. The predicted molar refractivity (Wildman–Crippen MR) is 115 cm³/mol. The highest BCUT2D eigenvalue weighted by Gasteiger charge is 1.97. The summed E-state index contributed by atoms with van der Waals surface area (Å²) in [6.45, 7) is 6.41. The van der Waals surface area contributed by atoms with Gasteiger partial charge in [-0.2, -0.15) is 0 Å². The molecular weight excluding hydrogens is 324 g/mol. The van der Waals surface area contributed by atoms with Crippen molar-refractivity contribution in [2.75, 3.05) is 0 Å². The summed E-state index contributed by atoms with van der Waals surface area (Å²) in [4.78, 5) is 0. The molecule has 0 radical (unpaired) electrons. The minimum atomic E-state index is 1.02. The van der Waals surface area contributed by atoms with E-state index in [0.29, 0.717) is 0 Å². The van der Waals surface area contributed by atoms with E-state index < -0.39 is 0 Å². The van der Waals surface area contributed by atoms with Crippen LogP contribution in [0.5, 0.6) is 0 Å². The standard InChI is InChI=1S/C27H24/c1-4-22-6-10-24(11-7-22)14-15-26-17-19-27(21(3)20-26)18-16-25-12-8-23(5-2)9-13-25/h6-13,17,19-20H,4-5H2,1-3H3. The second-order valence-corrected chi connectivity index (χ2v) is 6.63. The van der Waals surface area contributed by atoms with E-state index in [9.17, 15) is 0 Å². The average molecular weight is 348 g/mol. The van der Waals surface area contributed by atoms with E-state index in [-0.39, 0.29) is 0 Å². The summed E-state index contributed by atoms with van der Waals surface area (Å²) in [5.41, 5.74) is 7.99. The van der Waals surface area contributed by atoms with E-state index in [1.807, 2.05) is 6.07 Å². The van der Waals surface area contributed by atoms with Gasteiger partial charge >= 0.3 is 0 Å². The molecule has 0 bridgehead atoms. The Labute approximate surface area is 163 Å². The Hall–Kier alpha value is -3.22. The van der Waals surface area contributed by atoms with E-state index >= 15 is 0 Å². The summed E-state index contributed by atoms with van der Waals surface area (Å²) >= 11 is 0. The summed E-state index contributed by atoms with van der Waals surface area (Å²) in [6.07, 6.45) is 2.11. The van der Waals surface area contributed by atoms with E-state index in [4.69, 9.17) is 0 Å². The molecular formula is C27H24. The van der Waals surface area contributed by atoms with Gasteiger partial charge in [-0.3, -0.25) is 0 Å². The molecule has 0 N–H and O–H groups in total. The molecule has 0 saturated heterocycles. The molecule has 0 saturated carbocycles. The predicted octanol–water partition coefficient (Wildman–Crippen LogP) is 5.92. The maximum absolute atomic E-state index is 3.28. The third kappa shape index (κ3) is 5.13. The van der Waals surface area contributed by atoms with Gasteiger partial charge in [-0.05, 0) is 78.9 Å². The van der Waals surface area contributed by atoms with Crippen molar-refractivity contribution in [3.63, 3.8) is 0 Å². The average Bonchev–Trinajstić information content (AvgIpc) is 2.72. The fraction of sp³-hybridized carbons (Fsp3) is 0.185. The monoisotopic (exact) mass is 348 g/mol. The first-order valence-corrected chi connectivity index (χ1v) is 9.50. The van der Waals surface area contributed by atoms with Crippen LogP contribution in [0.2, 0.25) is 0 Å². The third-order valence-electron chi connectivity index (χ3n) is 4.64. The molecule has 0 heteroatoms. The third-order valence-corrected chi connectivity index (χ3v) is 4.64. The number of hydrogen-bond donors (Lipinski definition) is 0. The Kier molecular flexibility index (Phi) is 6.14. The molecule has 0 aliphatic heterocycles. The van der Waals surface area contributed by atoms with Crippen molar-refractivity contribution in [3.05, 3.63) is 106 Å². The van der Waals surface area contributed by atoms with Gasteiger partial charge in [-0.1, -0.05) is 61.8 Å². The highest BCUT2D eigenvalue weighted by atomic mass is 14.0. The molecule has 3 aromatic rings. The molecule has 27 heavy (non-hydrogen) atoms. The Morgan fingerprint density at radius 1 is 0.556 bits per heavy atom. The number of aryl methyl sites for hydroxylation is 3. The van der Waals surface area contributed by atoms with Crippen molar-refractivity contribution in [3.8, 4) is 23.7 Å². The lowest BCUT2D eigenvalue weighted by Crippen LogP contribution is -1.86. The second kappa shape index (κ2) is 8.93. The maximum Gasteiger partial charge on any atom is 0.0279 e. The summed E-state index contributed by atoms with van der Waals surface area (Å²) in [7, 11) is 0. The van der Waals surface area contributed by atoms with Crippen molar-refractivity contribution in [1.29, 1.82) is 0 Å². The lowest BCUT2D eigenvalue weighted by Gasteiger charge is -1.99. The lowest BCUT2D eigenvalue weighted by molar-refractivity contribution is 1.14. The van der Waals surface area contributed by atoms with Crippen LogP contribution in [0.3, 0.4) is 0 Å². The molecule has 132 valence electrons. The molecule has 0 unspecified atom stereocenters. The van der Waals surface area contributed by atoms with Crippen LogP contribution in [0, 0.1) is 30.6 Å². The van der Waals surface area contributed by atoms with Crippen molar-refractivity contribution < 1.29 is 0 Å². The van der Waals surface area contributed by atoms with Crippen molar-refractivity contribution in [2.24, 2.45) is 0 Å². The molecule has 0 nitrogen and oxygen atoms in total. The van der Waals surface area contributed by atoms with Crippen molar-refractivity contribution >= 4 is 0 Å². The fourth-order valence-electron chi connectivity index (χ4n) is 2.81. The zero-order chi connectivity index (χ0) is 19.1. The van der Waals surface area contributed by atoms with Gasteiger partial charge in [0.25, 0.3) is 0 Å². The van der Waals surface area contributed by atoms with Crippen LogP contribution in [0.1, 0.15) is 52.8 Å². The minimum Gasteiger partial charge on any atom is -0.0617 e. The van der Waals surface area contributed by atoms with Gasteiger partial charge in [0, 0.05) is 22.3 Å². The first-order valence-electron chi connectivity index (χ1n) is 9.50. The van der Waals surface area contributed by atoms with Crippen LogP contribution >= 0.6 is 0 Å². The highest BCUT2D eigenvalue weighted by Crippen LogP contribution is 2.11. The van der Waals surface area contributed by atoms with E-state index in [0.717, 1.165) is 40.7 Å².